The number of ether oxygens (including phenoxy) is 1. The summed E-state index contributed by atoms with van der Waals surface area (Å²) in [6, 6.07) is 8.00. The second-order valence-corrected chi connectivity index (χ2v) is 7.01. The zero-order valence-electron chi connectivity index (χ0n) is 12.9. The maximum Gasteiger partial charge on any atom is 0.0959 e. The monoisotopic (exact) mass is 300 g/mol. The molecule has 1 N–H and O–H groups in total. The van der Waals surface area contributed by atoms with E-state index < -0.39 is 6.10 Å². The molecule has 1 heterocycles. The highest BCUT2D eigenvalue weighted by molar-refractivity contribution is 5.74. The van der Waals surface area contributed by atoms with E-state index in [1.165, 1.54) is 25.7 Å². The van der Waals surface area contributed by atoms with E-state index in [1.807, 2.05) is 28.8 Å². The van der Waals surface area contributed by atoms with Crippen molar-refractivity contribution in [3.8, 4) is 0 Å². The molecule has 118 valence electrons. The number of fused-ring (bicyclic) bond motifs is 3. The Kier molecular flexibility index (Phi) is 3.89. The van der Waals surface area contributed by atoms with Crippen LogP contribution in [-0.2, 0) is 11.3 Å². The van der Waals surface area contributed by atoms with Crippen molar-refractivity contribution in [2.24, 2.45) is 17.8 Å². The summed E-state index contributed by atoms with van der Waals surface area (Å²) in [5, 5.41) is 10.2. The number of hydrogen-bond acceptors (Lipinski definition) is 3. The zero-order valence-corrected chi connectivity index (χ0v) is 12.9. The van der Waals surface area contributed by atoms with Crippen molar-refractivity contribution in [3.05, 3.63) is 30.6 Å². The summed E-state index contributed by atoms with van der Waals surface area (Å²) in [4.78, 5) is 4.35. The number of imidazole rings is 1. The lowest BCUT2D eigenvalue weighted by Gasteiger charge is -2.22. The van der Waals surface area contributed by atoms with Crippen molar-refractivity contribution in [2.75, 3.05) is 13.2 Å². The van der Waals surface area contributed by atoms with E-state index in [0.29, 0.717) is 13.2 Å². The molecular formula is C18H24N2O2. The van der Waals surface area contributed by atoms with E-state index in [9.17, 15) is 5.11 Å². The van der Waals surface area contributed by atoms with E-state index in [0.717, 1.165) is 35.4 Å². The van der Waals surface area contributed by atoms with Gasteiger partial charge in [-0.25, -0.2) is 4.98 Å². The van der Waals surface area contributed by atoms with Gasteiger partial charge in [-0.15, -0.1) is 0 Å². The highest BCUT2D eigenvalue weighted by Gasteiger charge is 2.39. The fourth-order valence-electron chi connectivity index (χ4n) is 4.37. The number of hydrogen-bond donors (Lipinski definition) is 1. The van der Waals surface area contributed by atoms with Gasteiger partial charge in [0.15, 0.2) is 0 Å². The molecule has 0 aliphatic heterocycles. The maximum absolute atomic E-state index is 10.2. The molecule has 0 radical (unpaired) electrons. The van der Waals surface area contributed by atoms with Crippen molar-refractivity contribution >= 4 is 11.0 Å². The molecule has 1 aromatic heterocycles. The first kappa shape index (κ1) is 14.2. The van der Waals surface area contributed by atoms with Crippen molar-refractivity contribution in [3.63, 3.8) is 0 Å². The van der Waals surface area contributed by atoms with Crippen LogP contribution < -0.4 is 0 Å². The summed E-state index contributed by atoms with van der Waals surface area (Å²) in [6.45, 7) is 1.78. The normalized spacial score (nSPS) is 28.5. The maximum atomic E-state index is 10.2. The van der Waals surface area contributed by atoms with Crippen molar-refractivity contribution in [2.45, 2.75) is 38.3 Å². The second-order valence-electron chi connectivity index (χ2n) is 7.01. The molecule has 1 aromatic carbocycles. The lowest BCUT2D eigenvalue weighted by molar-refractivity contribution is 0.00622. The molecule has 4 rings (SSSR count). The Balaban J connectivity index is 1.27. The number of benzene rings is 1. The van der Waals surface area contributed by atoms with E-state index in [4.69, 9.17) is 4.74 Å². The van der Waals surface area contributed by atoms with Crippen LogP contribution in [0.4, 0.5) is 0 Å². The third-order valence-corrected chi connectivity index (χ3v) is 5.46. The number of nitrogens with zero attached hydrogens (tertiary/aromatic N) is 2. The van der Waals surface area contributed by atoms with E-state index in [-0.39, 0.29) is 0 Å². The van der Waals surface area contributed by atoms with Gasteiger partial charge in [-0.1, -0.05) is 18.6 Å². The molecule has 2 fully saturated rings. The van der Waals surface area contributed by atoms with Crippen LogP contribution in [0.5, 0.6) is 0 Å². The molecule has 0 spiro atoms. The summed E-state index contributed by atoms with van der Waals surface area (Å²) < 4.78 is 7.81. The minimum Gasteiger partial charge on any atom is -0.389 e. The van der Waals surface area contributed by atoms with Gasteiger partial charge in [0.1, 0.15) is 0 Å². The first-order chi connectivity index (χ1) is 10.8. The highest BCUT2D eigenvalue weighted by Crippen LogP contribution is 2.48. The zero-order chi connectivity index (χ0) is 14.9. The average molecular weight is 300 g/mol. The topological polar surface area (TPSA) is 47.3 Å². The Hall–Kier alpha value is -1.39. The Bertz CT molecular complexity index is 639. The fraction of sp³-hybridized carbons (Fsp3) is 0.611. The Morgan fingerprint density at radius 3 is 3.00 bits per heavy atom. The summed E-state index contributed by atoms with van der Waals surface area (Å²) in [7, 11) is 0. The third-order valence-electron chi connectivity index (χ3n) is 5.46. The largest absolute Gasteiger partial charge is 0.389 e. The fourth-order valence-corrected chi connectivity index (χ4v) is 4.37. The number of aliphatic hydroxyl groups excluding tert-OH is 1. The SMILES string of the molecule is O[C@@H](COC[C@@H]1C[C@H]2CC[C@H]1C2)Cn1cnc2ccccc21. The van der Waals surface area contributed by atoms with Crippen molar-refractivity contribution < 1.29 is 9.84 Å². The third kappa shape index (κ3) is 2.77. The number of aromatic nitrogens is 2. The van der Waals surface area contributed by atoms with Crippen molar-refractivity contribution in [1.82, 2.24) is 9.55 Å². The average Bonchev–Trinajstić information content (AvgIpc) is 3.23. The lowest BCUT2D eigenvalue weighted by atomic mass is 9.90. The molecule has 4 heteroatoms. The van der Waals surface area contributed by atoms with E-state index in [2.05, 4.69) is 4.98 Å². The lowest BCUT2D eigenvalue weighted by Crippen LogP contribution is -2.24. The molecule has 4 atom stereocenters. The van der Waals surface area contributed by atoms with Crippen LogP contribution in [0.1, 0.15) is 25.7 Å². The van der Waals surface area contributed by atoms with Crippen LogP contribution in [0, 0.1) is 17.8 Å². The predicted octanol–water partition coefficient (Wildman–Crippen LogP) is 2.85. The van der Waals surface area contributed by atoms with Crippen LogP contribution in [0.3, 0.4) is 0 Å². The highest BCUT2D eigenvalue weighted by atomic mass is 16.5. The molecule has 22 heavy (non-hydrogen) atoms. The smallest absolute Gasteiger partial charge is 0.0959 e. The van der Waals surface area contributed by atoms with Crippen LogP contribution in [0.25, 0.3) is 11.0 Å². The molecule has 2 aliphatic rings. The minimum absolute atomic E-state index is 0.417. The quantitative estimate of drug-likeness (QED) is 0.892. The Morgan fingerprint density at radius 2 is 2.18 bits per heavy atom. The van der Waals surface area contributed by atoms with Gasteiger partial charge >= 0.3 is 0 Å². The van der Waals surface area contributed by atoms with Crippen LogP contribution in [-0.4, -0.2) is 34.0 Å². The van der Waals surface area contributed by atoms with Gasteiger partial charge in [0, 0.05) is 6.61 Å². The standard InChI is InChI=1S/C18H24N2O2/c21-16(9-20-12-19-17-3-1-2-4-18(17)20)11-22-10-15-8-13-5-6-14(15)7-13/h1-4,12-16,21H,5-11H2/t13-,14-,15-,16+/m0/s1. The first-order valence-electron chi connectivity index (χ1n) is 8.45. The number of aliphatic hydroxyl groups is 1. The van der Waals surface area contributed by atoms with Gasteiger partial charge in [0.05, 0.1) is 36.6 Å². The number of rotatable bonds is 6. The predicted molar refractivity (Wildman–Crippen MR) is 85.5 cm³/mol. The van der Waals surface area contributed by atoms with Gasteiger partial charge < -0.3 is 14.4 Å². The summed E-state index contributed by atoms with van der Waals surface area (Å²) in [5.41, 5.74) is 2.03. The Morgan fingerprint density at radius 1 is 1.27 bits per heavy atom. The molecule has 2 saturated carbocycles. The van der Waals surface area contributed by atoms with Gasteiger partial charge in [-0.05, 0) is 49.1 Å². The molecule has 0 amide bonds. The molecule has 0 saturated heterocycles. The van der Waals surface area contributed by atoms with Crippen molar-refractivity contribution in [1.29, 1.82) is 0 Å². The van der Waals surface area contributed by atoms with E-state index in [1.54, 1.807) is 6.33 Å². The van der Waals surface area contributed by atoms with Gasteiger partial charge in [-0.2, -0.15) is 0 Å². The van der Waals surface area contributed by atoms with Crippen LogP contribution in [0.15, 0.2) is 30.6 Å². The first-order valence-corrected chi connectivity index (χ1v) is 8.45. The summed E-state index contributed by atoms with van der Waals surface area (Å²) in [5.74, 6) is 2.58. The summed E-state index contributed by atoms with van der Waals surface area (Å²) in [6.07, 6.45) is 6.89. The Labute approximate surface area is 131 Å². The molecular weight excluding hydrogens is 276 g/mol. The minimum atomic E-state index is -0.476. The molecule has 2 bridgehead atoms. The van der Waals surface area contributed by atoms with Gasteiger partial charge in [0.25, 0.3) is 0 Å². The molecule has 2 aliphatic carbocycles. The summed E-state index contributed by atoms with van der Waals surface area (Å²) >= 11 is 0. The van der Waals surface area contributed by atoms with Crippen LogP contribution >= 0.6 is 0 Å². The molecule has 0 unspecified atom stereocenters. The molecule has 2 aromatic rings. The second kappa shape index (κ2) is 6.01. The van der Waals surface area contributed by atoms with Gasteiger partial charge in [0.2, 0.25) is 0 Å². The van der Waals surface area contributed by atoms with Gasteiger partial charge in [-0.3, -0.25) is 0 Å². The number of para-hydroxylation sites is 2. The van der Waals surface area contributed by atoms with E-state index >= 15 is 0 Å². The van der Waals surface area contributed by atoms with Crippen LogP contribution in [0.2, 0.25) is 0 Å². The molecule has 4 nitrogen and oxygen atoms in total.